The molecule has 0 spiro atoms. The molecule has 2 aliphatic rings. The largest absolute Gasteiger partial charge is 0.380 e. The highest BCUT2D eigenvalue weighted by molar-refractivity contribution is 5.75. The van der Waals surface area contributed by atoms with Crippen molar-refractivity contribution in [3.63, 3.8) is 0 Å². The van der Waals surface area contributed by atoms with E-state index in [-0.39, 0.29) is 12.1 Å². The maximum absolute atomic E-state index is 12.2. The predicted octanol–water partition coefficient (Wildman–Crippen LogP) is 0.465. The van der Waals surface area contributed by atoms with Gasteiger partial charge in [0.25, 0.3) is 0 Å². The molecule has 0 aromatic rings. The maximum Gasteiger partial charge on any atom is 0.320 e. The molecule has 0 aromatic heterocycles. The van der Waals surface area contributed by atoms with Gasteiger partial charge in [-0.05, 0) is 13.0 Å². The van der Waals surface area contributed by atoms with Crippen LogP contribution in [0.5, 0.6) is 0 Å². The van der Waals surface area contributed by atoms with Crippen molar-refractivity contribution in [3.05, 3.63) is 0 Å². The SMILES string of the molecule is CCN1CCN(C(=O)N2CCC(OC)C2)CC1. The Morgan fingerprint density at radius 1 is 1.18 bits per heavy atom. The Balaban J connectivity index is 1.81. The van der Waals surface area contributed by atoms with Crippen LogP contribution in [-0.4, -0.2) is 79.8 Å². The molecule has 2 amide bonds. The van der Waals surface area contributed by atoms with Crippen LogP contribution in [0.15, 0.2) is 0 Å². The molecule has 98 valence electrons. The number of likely N-dealkylation sites (N-methyl/N-ethyl adjacent to an activating group) is 1. The Hall–Kier alpha value is -0.810. The van der Waals surface area contributed by atoms with Crippen LogP contribution in [-0.2, 0) is 4.74 Å². The second-order valence-corrected chi connectivity index (χ2v) is 4.80. The van der Waals surface area contributed by atoms with Crippen molar-refractivity contribution in [2.24, 2.45) is 0 Å². The molecule has 0 aromatic carbocycles. The van der Waals surface area contributed by atoms with Crippen LogP contribution in [0.3, 0.4) is 0 Å². The van der Waals surface area contributed by atoms with Crippen molar-refractivity contribution in [2.45, 2.75) is 19.4 Å². The molecule has 2 heterocycles. The fourth-order valence-corrected chi connectivity index (χ4v) is 2.55. The number of hydrogen-bond acceptors (Lipinski definition) is 3. The number of ether oxygens (including phenoxy) is 1. The molecule has 0 radical (unpaired) electrons. The molecule has 1 atom stereocenters. The lowest BCUT2D eigenvalue weighted by molar-refractivity contribution is 0.0970. The molecule has 2 aliphatic heterocycles. The Morgan fingerprint density at radius 3 is 2.41 bits per heavy atom. The fraction of sp³-hybridized carbons (Fsp3) is 0.917. The van der Waals surface area contributed by atoms with E-state index in [0.29, 0.717) is 0 Å². The van der Waals surface area contributed by atoms with Crippen LogP contribution in [0.1, 0.15) is 13.3 Å². The number of piperazine rings is 1. The summed E-state index contributed by atoms with van der Waals surface area (Å²) in [6.45, 7) is 8.57. The van der Waals surface area contributed by atoms with Gasteiger partial charge in [-0.25, -0.2) is 4.79 Å². The van der Waals surface area contributed by atoms with E-state index in [1.54, 1.807) is 7.11 Å². The van der Waals surface area contributed by atoms with Gasteiger partial charge in [0.1, 0.15) is 0 Å². The molecular weight excluding hydrogens is 218 g/mol. The molecule has 17 heavy (non-hydrogen) atoms. The molecule has 5 heteroatoms. The average molecular weight is 241 g/mol. The molecular formula is C12H23N3O2. The maximum atomic E-state index is 12.2. The second-order valence-electron chi connectivity index (χ2n) is 4.80. The molecule has 2 saturated heterocycles. The molecule has 2 rings (SSSR count). The number of carbonyl (C=O) groups excluding carboxylic acids is 1. The first-order valence-corrected chi connectivity index (χ1v) is 6.53. The number of carbonyl (C=O) groups is 1. The van der Waals surface area contributed by atoms with Gasteiger partial charge in [0.05, 0.1) is 6.10 Å². The summed E-state index contributed by atoms with van der Waals surface area (Å²) in [6, 6.07) is 0.195. The van der Waals surface area contributed by atoms with E-state index in [1.807, 2.05) is 9.80 Å². The van der Waals surface area contributed by atoms with Crippen LogP contribution in [0.25, 0.3) is 0 Å². The number of urea groups is 1. The van der Waals surface area contributed by atoms with E-state index in [9.17, 15) is 4.79 Å². The van der Waals surface area contributed by atoms with E-state index in [4.69, 9.17) is 4.74 Å². The lowest BCUT2D eigenvalue weighted by atomic mass is 10.3. The molecule has 0 aliphatic carbocycles. The van der Waals surface area contributed by atoms with Crippen LogP contribution in [0.2, 0.25) is 0 Å². The van der Waals surface area contributed by atoms with Crippen molar-refractivity contribution >= 4 is 6.03 Å². The summed E-state index contributed by atoms with van der Waals surface area (Å²) in [6.07, 6.45) is 1.20. The third-order valence-electron chi connectivity index (χ3n) is 3.84. The molecule has 0 bridgehead atoms. The summed E-state index contributed by atoms with van der Waals surface area (Å²) in [5.74, 6) is 0. The van der Waals surface area contributed by atoms with Crippen molar-refractivity contribution < 1.29 is 9.53 Å². The van der Waals surface area contributed by atoms with Gasteiger partial charge < -0.3 is 19.4 Å². The monoisotopic (exact) mass is 241 g/mol. The van der Waals surface area contributed by atoms with Crippen molar-refractivity contribution in [2.75, 3.05) is 52.9 Å². The van der Waals surface area contributed by atoms with Gasteiger partial charge in [-0.2, -0.15) is 0 Å². The number of rotatable bonds is 2. The normalized spacial score (nSPS) is 26.6. The number of hydrogen-bond donors (Lipinski definition) is 0. The van der Waals surface area contributed by atoms with Gasteiger partial charge in [0, 0.05) is 46.4 Å². The molecule has 0 N–H and O–H groups in total. The Kier molecular flexibility index (Phi) is 4.23. The summed E-state index contributed by atoms with van der Waals surface area (Å²) in [5.41, 5.74) is 0. The zero-order valence-corrected chi connectivity index (χ0v) is 10.9. The summed E-state index contributed by atoms with van der Waals surface area (Å²) in [7, 11) is 1.72. The Labute approximate surface area is 103 Å². The fourth-order valence-electron chi connectivity index (χ4n) is 2.55. The lowest BCUT2D eigenvalue weighted by Gasteiger charge is -2.36. The summed E-state index contributed by atoms with van der Waals surface area (Å²) >= 11 is 0. The first-order chi connectivity index (χ1) is 8.24. The number of nitrogens with zero attached hydrogens (tertiary/aromatic N) is 3. The average Bonchev–Trinajstić information content (AvgIpc) is 2.87. The number of likely N-dealkylation sites (tertiary alicyclic amines) is 1. The van der Waals surface area contributed by atoms with E-state index < -0.39 is 0 Å². The van der Waals surface area contributed by atoms with Crippen molar-refractivity contribution in [3.8, 4) is 0 Å². The molecule has 1 unspecified atom stereocenters. The van der Waals surface area contributed by atoms with Crippen LogP contribution in [0, 0.1) is 0 Å². The van der Waals surface area contributed by atoms with Crippen LogP contribution >= 0.6 is 0 Å². The lowest BCUT2D eigenvalue weighted by Crippen LogP contribution is -2.52. The first kappa shape index (κ1) is 12.6. The minimum Gasteiger partial charge on any atom is -0.380 e. The molecule has 2 fully saturated rings. The Morgan fingerprint density at radius 2 is 1.88 bits per heavy atom. The quantitative estimate of drug-likeness (QED) is 0.705. The van der Waals surface area contributed by atoms with Crippen LogP contribution in [0.4, 0.5) is 4.79 Å². The third kappa shape index (κ3) is 2.90. The van der Waals surface area contributed by atoms with Gasteiger partial charge in [-0.1, -0.05) is 6.92 Å². The predicted molar refractivity (Wildman–Crippen MR) is 66.1 cm³/mol. The summed E-state index contributed by atoms with van der Waals surface area (Å²) in [4.78, 5) is 18.5. The minimum atomic E-state index is 0.195. The van der Waals surface area contributed by atoms with E-state index in [0.717, 1.165) is 52.2 Å². The highest BCUT2D eigenvalue weighted by atomic mass is 16.5. The van der Waals surface area contributed by atoms with E-state index in [1.165, 1.54) is 0 Å². The standard InChI is InChI=1S/C12H23N3O2/c1-3-13-6-8-14(9-7-13)12(16)15-5-4-11(10-15)17-2/h11H,3-10H2,1-2H3. The highest BCUT2D eigenvalue weighted by Gasteiger charge is 2.30. The summed E-state index contributed by atoms with van der Waals surface area (Å²) < 4.78 is 5.29. The molecule has 5 nitrogen and oxygen atoms in total. The second kappa shape index (κ2) is 5.69. The van der Waals surface area contributed by atoms with Gasteiger partial charge in [-0.3, -0.25) is 0 Å². The van der Waals surface area contributed by atoms with Crippen molar-refractivity contribution in [1.82, 2.24) is 14.7 Å². The zero-order valence-electron chi connectivity index (χ0n) is 10.9. The zero-order chi connectivity index (χ0) is 12.3. The smallest absolute Gasteiger partial charge is 0.320 e. The van der Waals surface area contributed by atoms with Gasteiger partial charge in [-0.15, -0.1) is 0 Å². The topological polar surface area (TPSA) is 36.0 Å². The Bertz CT molecular complexity index is 264. The summed E-state index contributed by atoms with van der Waals surface area (Å²) in [5, 5.41) is 0. The number of methoxy groups -OCH3 is 1. The van der Waals surface area contributed by atoms with E-state index in [2.05, 4.69) is 11.8 Å². The number of amides is 2. The van der Waals surface area contributed by atoms with Gasteiger partial charge in [0.2, 0.25) is 0 Å². The minimum absolute atomic E-state index is 0.195. The first-order valence-electron chi connectivity index (χ1n) is 6.53. The van der Waals surface area contributed by atoms with Gasteiger partial charge >= 0.3 is 6.03 Å². The van der Waals surface area contributed by atoms with Crippen molar-refractivity contribution in [1.29, 1.82) is 0 Å². The third-order valence-corrected chi connectivity index (χ3v) is 3.84. The molecule has 0 saturated carbocycles. The van der Waals surface area contributed by atoms with Crippen LogP contribution < -0.4 is 0 Å². The van der Waals surface area contributed by atoms with Gasteiger partial charge in [0.15, 0.2) is 0 Å². The highest BCUT2D eigenvalue weighted by Crippen LogP contribution is 2.15. The van der Waals surface area contributed by atoms with E-state index >= 15 is 0 Å².